The zero-order chi connectivity index (χ0) is 12.7. The molecule has 0 aliphatic carbocycles. The van der Waals surface area contributed by atoms with Crippen molar-refractivity contribution >= 4 is 29.3 Å². The highest BCUT2D eigenvalue weighted by atomic mass is 32.2. The number of nitrogens with zero attached hydrogens (tertiary/aromatic N) is 2. The maximum Gasteiger partial charge on any atom is 0.190 e. The molecule has 17 heavy (non-hydrogen) atoms. The van der Waals surface area contributed by atoms with Crippen molar-refractivity contribution in [2.75, 3.05) is 24.7 Å². The summed E-state index contributed by atoms with van der Waals surface area (Å²) in [6.45, 7) is 5.20. The van der Waals surface area contributed by atoms with Crippen LogP contribution in [0.1, 0.15) is 20.3 Å². The summed E-state index contributed by atoms with van der Waals surface area (Å²) in [5.74, 6) is 0.866. The van der Waals surface area contributed by atoms with E-state index in [1.807, 2.05) is 19.2 Å². The number of hydrogen-bond acceptors (Lipinski definition) is 6. The molecule has 1 rings (SSSR count). The Morgan fingerprint density at radius 3 is 2.82 bits per heavy atom. The van der Waals surface area contributed by atoms with Crippen molar-refractivity contribution in [3.05, 3.63) is 6.07 Å². The largest absolute Gasteiger partial charge is 0.396 e. The minimum atomic E-state index is 0.217. The first-order valence-corrected chi connectivity index (χ1v) is 7.74. The van der Waals surface area contributed by atoms with Gasteiger partial charge in [0.1, 0.15) is 10.8 Å². The first kappa shape index (κ1) is 14.6. The molecule has 1 heterocycles. The van der Waals surface area contributed by atoms with Gasteiger partial charge in [0.2, 0.25) is 0 Å². The van der Waals surface area contributed by atoms with Crippen molar-refractivity contribution in [3.8, 4) is 0 Å². The van der Waals surface area contributed by atoms with Crippen molar-refractivity contribution in [1.29, 1.82) is 0 Å². The fourth-order valence-electron chi connectivity index (χ4n) is 1.27. The van der Waals surface area contributed by atoms with Gasteiger partial charge in [-0.15, -0.1) is 11.8 Å². The van der Waals surface area contributed by atoms with Crippen LogP contribution in [0.25, 0.3) is 0 Å². The first-order valence-electron chi connectivity index (χ1n) is 5.64. The predicted octanol–water partition coefficient (Wildman–Crippen LogP) is 2.49. The summed E-state index contributed by atoms with van der Waals surface area (Å²) in [7, 11) is 0. The topological polar surface area (TPSA) is 58.0 Å². The number of hydrogen-bond donors (Lipinski definition) is 2. The molecule has 0 aliphatic heterocycles. The Morgan fingerprint density at radius 1 is 1.47 bits per heavy atom. The van der Waals surface area contributed by atoms with Crippen molar-refractivity contribution in [2.45, 2.75) is 35.7 Å². The summed E-state index contributed by atoms with van der Waals surface area (Å²) in [6.07, 6.45) is 2.75. The smallest absolute Gasteiger partial charge is 0.190 e. The molecular weight excluding hydrogens is 254 g/mol. The third-order valence-electron chi connectivity index (χ3n) is 2.08. The molecule has 0 saturated heterocycles. The maximum atomic E-state index is 8.89. The highest BCUT2D eigenvalue weighted by Gasteiger charge is 2.08. The van der Waals surface area contributed by atoms with Gasteiger partial charge in [-0.25, -0.2) is 9.97 Å². The minimum absolute atomic E-state index is 0.217. The van der Waals surface area contributed by atoms with Crippen LogP contribution in [0.15, 0.2) is 16.2 Å². The van der Waals surface area contributed by atoms with Crippen molar-refractivity contribution < 1.29 is 5.11 Å². The Balaban J connectivity index is 2.79. The lowest BCUT2D eigenvalue weighted by atomic mass is 10.3. The fraction of sp³-hybridized carbons (Fsp3) is 0.636. The van der Waals surface area contributed by atoms with Crippen LogP contribution in [0, 0.1) is 0 Å². The second-order valence-corrected chi connectivity index (χ2v) is 5.78. The third-order valence-corrected chi connectivity index (χ3v) is 3.72. The first-order chi connectivity index (χ1) is 8.19. The standard InChI is InChI=1S/C11H19N3OS2/c1-4-12-9-7-10(14-11(13-9)16-3)17-8(2)5-6-15/h7-8,15H,4-6H2,1-3H3,(H,12,13,14). The van der Waals surface area contributed by atoms with Crippen LogP contribution in [-0.4, -0.2) is 39.7 Å². The van der Waals surface area contributed by atoms with Crippen LogP contribution in [0.4, 0.5) is 5.82 Å². The van der Waals surface area contributed by atoms with Gasteiger partial charge in [0, 0.05) is 24.5 Å². The zero-order valence-corrected chi connectivity index (χ0v) is 12.1. The number of aliphatic hydroxyl groups excluding tert-OH is 1. The van der Waals surface area contributed by atoms with E-state index in [1.54, 1.807) is 11.8 Å². The summed E-state index contributed by atoms with van der Waals surface area (Å²) in [5, 5.41) is 14.2. The summed E-state index contributed by atoms with van der Waals surface area (Å²) in [6, 6.07) is 1.96. The van der Waals surface area contributed by atoms with E-state index in [2.05, 4.69) is 22.2 Å². The van der Waals surface area contributed by atoms with E-state index in [0.29, 0.717) is 5.25 Å². The van der Waals surface area contributed by atoms with E-state index < -0.39 is 0 Å². The molecule has 0 radical (unpaired) electrons. The van der Waals surface area contributed by atoms with Crippen LogP contribution in [0.5, 0.6) is 0 Å². The van der Waals surface area contributed by atoms with Gasteiger partial charge < -0.3 is 10.4 Å². The van der Waals surface area contributed by atoms with Gasteiger partial charge in [-0.05, 0) is 19.6 Å². The zero-order valence-electron chi connectivity index (χ0n) is 10.4. The van der Waals surface area contributed by atoms with Gasteiger partial charge in [0.25, 0.3) is 0 Å². The molecule has 0 fully saturated rings. The molecule has 6 heteroatoms. The highest BCUT2D eigenvalue weighted by molar-refractivity contribution is 8.00. The third kappa shape index (κ3) is 5.14. The lowest BCUT2D eigenvalue weighted by Gasteiger charge is -2.11. The summed E-state index contributed by atoms with van der Waals surface area (Å²) in [5.41, 5.74) is 0. The minimum Gasteiger partial charge on any atom is -0.396 e. The van der Waals surface area contributed by atoms with E-state index >= 15 is 0 Å². The van der Waals surface area contributed by atoms with Gasteiger partial charge in [-0.1, -0.05) is 18.7 Å². The van der Waals surface area contributed by atoms with Gasteiger partial charge in [0.05, 0.1) is 0 Å². The quantitative estimate of drug-likeness (QED) is 0.452. The molecule has 1 aromatic heterocycles. The average molecular weight is 273 g/mol. The molecule has 1 aromatic rings. The average Bonchev–Trinajstić information content (AvgIpc) is 2.29. The van der Waals surface area contributed by atoms with Crippen LogP contribution < -0.4 is 5.32 Å². The molecule has 0 aliphatic rings. The Labute approximate surface area is 111 Å². The summed E-state index contributed by atoms with van der Waals surface area (Å²) in [4.78, 5) is 8.82. The fourth-order valence-corrected chi connectivity index (χ4v) is 2.67. The summed E-state index contributed by atoms with van der Waals surface area (Å²) < 4.78 is 0. The van der Waals surface area contributed by atoms with Crippen molar-refractivity contribution in [3.63, 3.8) is 0 Å². The van der Waals surface area contributed by atoms with Gasteiger partial charge in [-0.2, -0.15) is 0 Å². The number of aromatic nitrogens is 2. The molecule has 1 atom stereocenters. The maximum absolute atomic E-state index is 8.89. The van der Waals surface area contributed by atoms with Gasteiger partial charge in [-0.3, -0.25) is 0 Å². The number of rotatable bonds is 7. The lowest BCUT2D eigenvalue weighted by Crippen LogP contribution is -2.04. The van der Waals surface area contributed by atoms with E-state index in [9.17, 15) is 0 Å². The Kier molecular flexibility index (Phi) is 6.69. The number of thioether (sulfide) groups is 2. The van der Waals surface area contributed by atoms with E-state index in [-0.39, 0.29) is 6.61 Å². The number of anilines is 1. The lowest BCUT2D eigenvalue weighted by molar-refractivity contribution is 0.289. The molecule has 96 valence electrons. The van der Waals surface area contributed by atoms with Gasteiger partial charge in [0.15, 0.2) is 5.16 Å². The molecule has 1 unspecified atom stereocenters. The molecule has 0 bridgehead atoms. The van der Waals surface area contributed by atoms with Crippen LogP contribution in [0.3, 0.4) is 0 Å². The van der Waals surface area contributed by atoms with Crippen molar-refractivity contribution in [1.82, 2.24) is 9.97 Å². The molecule has 4 nitrogen and oxygen atoms in total. The van der Waals surface area contributed by atoms with E-state index in [0.717, 1.165) is 29.0 Å². The summed E-state index contributed by atoms with van der Waals surface area (Å²) >= 11 is 3.21. The second kappa shape index (κ2) is 7.79. The van der Waals surface area contributed by atoms with E-state index in [4.69, 9.17) is 5.11 Å². The molecule has 0 saturated carbocycles. The second-order valence-electron chi connectivity index (χ2n) is 3.55. The van der Waals surface area contributed by atoms with Crippen LogP contribution in [-0.2, 0) is 0 Å². The monoisotopic (exact) mass is 273 g/mol. The number of aliphatic hydroxyl groups is 1. The van der Waals surface area contributed by atoms with E-state index in [1.165, 1.54) is 11.8 Å². The molecule has 0 amide bonds. The highest BCUT2D eigenvalue weighted by Crippen LogP contribution is 2.26. The number of nitrogens with one attached hydrogen (secondary N) is 1. The molecule has 2 N–H and O–H groups in total. The van der Waals surface area contributed by atoms with Gasteiger partial charge >= 0.3 is 0 Å². The molecule has 0 aromatic carbocycles. The molecular formula is C11H19N3OS2. The predicted molar refractivity (Wildman–Crippen MR) is 75.0 cm³/mol. The van der Waals surface area contributed by atoms with Crippen LogP contribution >= 0.6 is 23.5 Å². The Bertz CT molecular complexity index is 349. The SMILES string of the molecule is CCNc1cc(SC(C)CCO)nc(SC)n1. The van der Waals surface area contributed by atoms with Crippen molar-refractivity contribution in [2.24, 2.45) is 0 Å². The molecule has 0 spiro atoms. The van der Waals surface area contributed by atoms with Crippen LogP contribution in [0.2, 0.25) is 0 Å². The Morgan fingerprint density at radius 2 is 2.24 bits per heavy atom. The normalized spacial score (nSPS) is 12.5. The Hall–Kier alpha value is -0.460.